The minimum atomic E-state index is -5.28. The van der Waals surface area contributed by atoms with Crippen LogP contribution in [-0.4, -0.2) is 68.3 Å². The van der Waals surface area contributed by atoms with Crippen molar-refractivity contribution in [3.8, 4) is 0 Å². The lowest BCUT2D eigenvalue weighted by Crippen LogP contribution is -2.44. The standard InChI is InChI=1S/C24H52O12P2/c1-6-11-16-29-23(30-17-12-7-2)21-34-38(28,36-37(25,26)27)35-22-24(31-18-13-8-3,32-19-14-9-4)33-20-15-10-5/h23H,6-22H2,1-5H3,(H2,25,26,27). The average Bonchev–Trinajstić information content (AvgIpc) is 2.85. The van der Waals surface area contributed by atoms with Crippen molar-refractivity contribution in [1.82, 2.24) is 0 Å². The summed E-state index contributed by atoms with van der Waals surface area (Å²) in [6, 6.07) is 0. The van der Waals surface area contributed by atoms with Crippen LogP contribution in [0.2, 0.25) is 0 Å². The second kappa shape index (κ2) is 22.7. The van der Waals surface area contributed by atoms with Crippen molar-refractivity contribution in [2.24, 2.45) is 0 Å². The molecule has 0 heterocycles. The zero-order chi connectivity index (χ0) is 28.8. The summed E-state index contributed by atoms with van der Waals surface area (Å²) in [4.78, 5) is 18.8. The summed E-state index contributed by atoms with van der Waals surface area (Å²) >= 11 is 0. The van der Waals surface area contributed by atoms with Gasteiger partial charge in [-0.1, -0.05) is 66.7 Å². The Hall–Kier alpha value is 0.0600. The maximum Gasteiger partial charge on any atom is 0.484 e. The molecular weight excluding hydrogens is 542 g/mol. The Morgan fingerprint density at radius 3 is 1.39 bits per heavy atom. The molecule has 0 amide bonds. The molecule has 14 heteroatoms. The van der Waals surface area contributed by atoms with Crippen LogP contribution >= 0.6 is 15.6 Å². The van der Waals surface area contributed by atoms with Crippen LogP contribution in [0.3, 0.4) is 0 Å². The van der Waals surface area contributed by atoms with Gasteiger partial charge in [-0.15, -0.1) is 0 Å². The van der Waals surface area contributed by atoms with E-state index >= 15 is 0 Å². The van der Waals surface area contributed by atoms with Crippen molar-refractivity contribution in [1.29, 1.82) is 0 Å². The lowest BCUT2D eigenvalue weighted by Gasteiger charge is -2.34. The molecule has 0 fully saturated rings. The number of hydrogen-bond donors (Lipinski definition) is 2. The summed E-state index contributed by atoms with van der Waals surface area (Å²) in [6.45, 7) is 10.5. The van der Waals surface area contributed by atoms with Crippen molar-refractivity contribution in [2.75, 3.05) is 46.2 Å². The van der Waals surface area contributed by atoms with Crippen LogP contribution < -0.4 is 0 Å². The summed E-state index contributed by atoms with van der Waals surface area (Å²) in [6.07, 6.45) is 7.04. The van der Waals surface area contributed by atoms with Crippen LogP contribution in [0.1, 0.15) is 98.8 Å². The van der Waals surface area contributed by atoms with Gasteiger partial charge in [0.1, 0.15) is 13.2 Å². The van der Waals surface area contributed by atoms with Gasteiger partial charge in [0.05, 0.1) is 19.8 Å². The van der Waals surface area contributed by atoms with Crippen LogP contribution in [0.15, 0.2) is 0 Å². The Morgan fingerprint density at radius 1 is 0.632 bits per heavy atom. The van der Waals surface area contributed by atoms with Crippen molar-refractivity contribution >= 4 is 15.6 Å². The SMILES string of the molecule is CCCCOC(COP(=O)(OCC(OCCCC)(OCCCC)OCCCC)OP(=O)(O)O)OCCCC. The van der Waals surface area contributed by atoms with Crippen LogP contribution in [-0.2, 0) is 46.2 Å². The maximum absolute atomic E-state index is 13.4. The fourth-order valence-electron chi connectivity index (χ4n) is 2.75. The normalized spacial score (nSPS) is 14.3. The molecule has 0 aromatic rings. The summed E-state index contributed by atoms with van der Waals surface area (Å²) in [7, 11) is -10.1. The third kappa shape index (κ3) is 20.0. The summed E-state index contributed by atoms with van der Waals surface area (Å²) in [5, 5.41) is 0. The lowest BCUT2D eigenvalue weighted by atomic mass is 10.3. The number of rotatable bonds is 28. The van der Waals surface area contributed by atoms with E-state index in [9.17, 15) is 18.9 Å². The zero-order valence-corrected chi connectivity index (χ0v) is 25.8. The van der Waals surface area contributed by atoms with Crippen LogP contribution in [0.5, 0.6) is 0 Å². The Balaban J connectivity index is 5.71. The van der Waals surface area contributed by atoms with Gasteiger partial charge in [0.25, 0.3) is 0 Å². The minimum Gasteiger partial charge on any atom is -0.350 e. The average molecular weight is 595 g/mol. The number of phosphoric acid groups is 2. The van der Waals surface area contributed by atoms with Crippen molar-refractivity contribution in [3.63, 3.8) is 0 Å². The first-order chi connectivity index (χ1) is 18.1. The molecule has 12 nitrogen and oxygen atoms in total. The van der Waals surface area contributed by atoms with Gasteiger partial charge >= 0.3 is 21.6 Å². The van der Waals surface area contributed by atoms with Crippen molar-refractivity contribution in [2.45, 2.75) is 111 Å². The summed E-state index contributed by atoms with van der Waals surface area (Å²) < 4.78 is 69.2. The molecule has 0 bridgehead atoms. The van der Waals surface area contributed by atoms with Gasteiger partial charge in [-0.25, -0.2) is 9.13 Å². The monoisotopic (exact) mass is 594 g/mol. The number of unbranched alkanes of at least 4 members (excludes halogenated alkanes) is 5. The minimum absolute atomic E-state index is 0.265. The quantitative estimate of drug-likeness (QED) is 0.0595. The molecule has 0 rings (SSSR count). The topological polar surface area (TPSA) is 148 Å². The molecular formula is C24H52O12P2. The molecule has 230 valence electrons. The molecule has 0 spiro atoms. The smallest absolute Gasteiger partial charge is 0.350 e. The van der Waals surface area contributed by atoms with Gasteiger partial charge in [0.2, 0.25) is 0 Å². The van der Waals surface area contributed by atoms with Crippen molar-refractivity contribution < 1.29 is 56.0 Å². The molecule has 0 saturated heterocycles. The second-order valence-electron chi connectivity index (χ2n) is 8.76. The highest BCUT2D eigenvalue weighted by Crippen LogP contribution is 2.61. The van der Waals surface area contributed by atoms with E-state index in [2.05, 4.69) is 4.31 Å². The van der Waals surface area contributed by atoms with E-state index in [-0.39, 0.29) is 19.8 Å². The van der Waals surface area contributed by atoms with E-state index < -0.39 is 41.1 Å². The first-order valence-electron chi connectivity index (χ1n) is 13.9. The maximum atomic E-state index is 13.4. The number of hydrogen-bond acceptors (Lipinski definition) is 10. The summed E-state index contributed by atoms with van der Waals surface area (Å²) in [5.41, 5.74) is 0. The molecule has 2 N–H and O–H groups in total. The van der Waals surface area contributed by atoms with Gasteiger partial charge in [0.15, 0.2) is 6.29 Å². The zero-order valence-electron chi connectivity index (χ0n) is 24.0. The van der Waals surface area contributed by atoms with E-state index in [0.29, 0.717) is 32.5 Å². The van der Waals surface area contributed by atoms with Gasteiger partial charge in [-0.05, 0) is 32.1 Å². The summed E-state index contributed by atoms with van der Waals surface area (Å²) in [5.74, 6) is -1.76. The molecule has 0 aromatic heterocycles. The van der Waals surface area contributed by atoms with E-state index in [1.165, 1.54) is 0 Å². The molecule has 0 aliphatic heterocycles. The molecule has 1 unspecified atom stereocenters. The van der Waals surface area contributed by atoms with Crippen LogP contribution in [0.25, 0.3) is 0 Å². The van der Waals surface area contributed by atoms with E-state index in [4.69, 9.17) is 32.7 Å². The Labute approximate surface area is 229 Å². The van der Waals surface area contributed by atoms with Gasteiger partial charge in [-0.3, -0.25) is 9.05 Å². The molecule has 1 atom stereocenters. The largest absolute Gasteiger partial charge is 0.484 e. The predicted molar refractivity (Wildman–Crippen MR) is 143 cm³/mol. The van der Waals surface area contributed by atoms with Gasteiger partial charge < -0.3 is 33.5 Å². The first-order valence-corrected chi connectivity index (χ1v) is 16.9. The number of ether oxygens (including phenoxy) is 5. The van der Waals surface area contributed by atoms with Crippen LogP contribution in [0, 0.1) is 0 Å². The first kappa shape index (κ1) is 38.1. The molecule has 0 radical (unpaired) electrons. The highest BCUT2D eigenvalue weighted by molar-refractivity contribution is 7.61. The van der Waals surface area contributed by atoms with Gasteiger partial charge in [-0.2, -0.15) is 4.31 Å². The molecule has 0 aromatic carbocycles. The lowest BCUT2D eigenvalue weighted by molar-refractivity contribution is -0.390. The molecule has 0 aliphatic rings. The van der Waals surface area contributed by atoms with Crippen molar-refractivity contribution in [3.05, 3.63) is 0 Å². The third-order valence-corrected chi connectivity index (χ3v) is 7.60. The second-order valence-corrected chi connectivity index (χ2v) is 11.8. The molecule has 0 aliphatic carbocycles. The fourth-order valence-corrected chi connectivity index (χ4v) is 4.87. The number of phosphoric ester groups is 1. The Morgan fingerprint density at radius 2 is 1.03 bits per heavy atom. The van der Waals surface area contributed by atoms with E-state index in [1.807, 2.05) is 34.6 Å². The van der Waals surface area contributed by atoms with E-state index in [0.717, 1.165) is 44.9 Å². The van der Waals surface area contributed by atoms with Crippen LogP contribution in [0.4, 0.5) is 0 Å². The van der Waals surface area contributed by atoms with Gasteiger partial charge in [0, 0.05) is 13.2 Å². The molecule has 38 heavy (non-hydrogen) atoms. The third-order valence-electron chi connectivity index (χ3n) is 5.04. The molecule has 0 saturated carbocycles. The van der Waals surface area contributed by atoms with E-state index in [1.54, 1.807) is 0 Å². The Bertz CT molecular complexity index is 609. The predicted octanol–water partition coefficient (Wildman–Crippen LogP) is 6.30. The highest BCUT2D eigenvalue weighted by atomic mass is 31.3. The Kier molecular flexibility index (Phi) is 22.8. The fraction of sp³-hybridized carbons (Fsp3) is 1.00. The highest BCUT2D eigenvalue weighted by Gasteiger charge is 2.43.